The number of carbonyl (C=O) groups is 2. The summed E-state index contributed by atoms with van der Waals surface area (Å²) < 4.78 is 39.1. The van der Waals surface area contributed by atoms with Gasteiger partial charge in [-0.05, 0) is 69.3 Å². The number of benzene rings is 2. The zero-order valence-electron chi connectivity index (χ0n) is 24.6. The number of hydrogen-bond donors (Lipinski definition) is 1. The first-order chi connectivity index (χ1) is 19.4. The molecule has 0 fully saturated rings. The number of carbonyl (C=O) groups excluding carboxylic acids is 2. The Bertz CT molecular complexity index is 1460. The summed E-state index contributed by atoms with van der Waals surface area (Å²) in [5.41, 5.74) is 1.72. The van der Waals surface area contributed by atoms with E-state index in [1.54, 1.807) is 13.8 Å². The van der Waals surface area contributed by atoms with Crippen molar-refractivity contribution in [2.45, 2.75) is 59.5 Å². The van der Waals surface area contributed by atoms with E-state index in [0.29, 0.717) is 12.3 Å². The third kappa shape index (κ3) is 6.62. The molecule has 2 heterocycles. The molecule has 0 bridgehead atoms. The van der Waals surface area contributed by atoms with Gasteiger partial charge in [-0.1, -0.05) is 27.7 Å². The zero-order chi connectivity index (χ0) is 29.9. The summed E-state index contributed by atoms with van der Waals surface area (Å²) in [5.74, 6) is -2.58. The summed E-state index contributed by atoms with van der Waals surface area (Å²) in [7, 11) is 0. The maximum Gasteiger partial charge on any atom is 0.342 e. The van der Waals surface area contributed by atoms with Gasteiger partial charge in [0.2, 0.25) is 0 Å². The molecule has 7 nitrogen and oxygen atoms in total. The normalized spacial score (nSPS) is 14.7. The van der Waals surface area contributed by atoms with Crippen LogP contribution in [0.15, 0.2) is 42.6 Å². The van der Waals surface area contributed by atoms with Crippen LogP contribution in [-0.2, 0) is 14.9 Å². The first-order valence-electron chi connectivity index (χ1n) is 14.2. The highest BCUT2D eigenvalue weighted by Crippen LogP contribution is 2.41. The molecule has 1 aliphatic heterocycles. The number of aromatic nitrogens is 1. The second-order valence-electron chi connectivity index (χ2n) is 11.3. The minimum absolute atomic E-state index is 0.0225. The van der Waals surface area contributed by atoms with Crippen molar-refractivity contribution in [1.29, 1.82) is 0 Å². The molecule has 0 saturated carbocycles. The Hall–Kier alpha value is -3.72. The number of H-pyrrole nitrogens is 1. The van der Waals surface area contributed by atoms with E-state index in [4.69, 9.17) is 9.47 Å². The highest BCUT2D eigenvalue weighted by atomic mass is 19.2. The number of amides is 1. The molecular weight excluding hydrogens is 528 g/mol. The number of halogens is 2. The van der Waals surface area contributed by atoms with E-state index in [2.05, 4.69) is 23.7 Å². The largest absolute Gasteiger partial charge is 0.493 e. The highest BCUT2D eigenvalue weighted by Gasteiger charge is 2.38. The van der Waals surface area contributed by atoms with Crippen LogP contribution < -0.4 is 4.74 Å². The average molecular weight is 568 g/mol. The summed E-state index contributed by atoms with van der Waals surface area (Å²) in [6.45, 7) is 15.5. The molecule has 0 unspecified atom stereocenters. The lowest BCUT2D eigenvalue weighted by Gasteiger charge is -2.29. The topological polar surface area (TPSA) is 74.9 Å². The van der Waals surface area contributed by atoms with Gasteiger partial charge in [-0.2, -0.15) is 0 Å². The Labute approximate surface area is 240 Å². The van der Waals surface area contributed by atoms with Crippen LogP contribution in [0.3, 0.4) is 0 Å². The molecule has 4 rings (SSSR count). The van der Waals surface area contributed by atoms with Crippen molar-refractivity contribution in [3.05, 3.63) is 71.1 Å². The van der Waals surface area contributed by atoms with Gasteiger partial charge in [0.1, 0.15) is 5.75 Å². The van der Waals surface area contributed by atoms with E-state index >= 15 is 0 Å². The molecule has 9 heteroatoms. The van der Waals surface area contributed by atoms with Gasteiger partial charge in [-0.15, -0.1) is 0 Å². The van der Waals surface area contributed by atoms with Crippen LogP contribution in [0, 0.1) is 11.6 Å². The van der Waals surface area contributed by atoms with Gasteiger partial charge < -0.3 is 24.3 Å². The molecule has 1 N–H and O–H groups in total. The molecule has 1 aliphatic rings. The van der Waals surface area contributed by atoms with Crippen molar-refractivity contribution in [3.63, 3.8) is 0 Å². The standard InChI is InChI=1S/C32H39F2N3O4/c1-7-36(8-2)14-9-15-40-22-11-12-23-27(17-22)35-29-24(31(39)41-20(3)4)18-37(19-32(5,6)28(23)29)30(38)21-10-13-25(33)26(34)16-21/h10-13,16-18,20,35H,7-9,14-15,19H2,1-6H3. The lowest BCUT2D eigenvalue weighted by molar-refractivity contribution is -0.140. The Kier molecular flexibility index (Phi) is 9.17. The third-order valence-electron chi connectivity index (χ3n) is 7.34. The fourth-order valence-electron chi connectivity index (χ4n) is 5.32. The van der Waals surface area contributed by atoms with E-state index in [9.17, 15) is 18.4 Å². The van der Waals surface area contributed by atoms with Crippen molar-refractivity contribution in [2.75, 3.05) is 32.8 Å². The fraction of sp³-hybridized carbons (Fsp3) is 0.438. The predicted molar refractivity (Wildman–Crippen MR) is 156 cm³/mol. The second kappa shape index (κ2) is 12.4. The van der Waals surface area contributed by atoms with E-state index in [0.717, 1.165) is 60.4 Å². The summed E-state index contributed by atoms with van der Waals surface area (Å²) in [6.07, 6.45) is 1.96. The van der Waals surface area contributed by atoms with Gasteiger partial charge in [0.25, 0.3) is 5.91 Å². The Morgan fingerprint density at radius 2 is 1.80 bits per heavy atom. The maximum atomic E-state index is 14.0. The van der Waals surface area contributed by atoms with Crippen LogP contribution in [0.25, 0.3) is 16.5 Å². The number of nitrogens with one attached hydrogen (secondary N) is 1. The minimum atomic E-state index is -1.12. The lowest BCUT2D eigenvalue weighted by Crippen LogP contribution is -2.37. The Balaban J connectivity index is 1.72. The van der Waals surface area contributed by atoms with E-state index < -0.39 is 28.9 Å². The van der Waals surface area contributed by atoms with Gasteiger partial charge in [-0.3, -0.25) is 4.79 Å². The molecule has 1 aromatic heterocycles. The third-order valence-corrected chi connectivity index (χ3v) is 7.34. The number of ether oxygens (including phenoxy) is 2. The van der Waals surface area contributed by atoms with E-state index in [1.807, 2.05) is 32.0 Å². The van der Waals surface area contributed by atoms with Crippen molar-refractivity contribution in [2.24, 2.45) is 0 Å². The first kappa shape index (κ1) is 30.2. The van der Waals surface area contributed by atoms with Crippen molar-refractivity contribution in [1.82, 2.24) is 14.8 Å². The maximum absolute atomic E-state index is 14.0. The Morgan fingerprint density at radius 1 is 1.07 bits per heavy atom. The van der Waals surface area contributed by atoms with Gasteiger partial charge >= 0.3 is 5.97 Å². The van der Waals surface area contributed by atoms with E-state index in [-0.39, 0.29) is 23.8 Å². The van der Waals surface area contributed by atoms with Gasteiger partial charge in [0.05, 0.1) is 24.0 Å². The minimum Gasteiger partial charge on any atom is -0.493 e. The molecular formula is C32H39F2N3O4. The van der Waals surface area contributed by atoms with E-state index in [1.165, 1.54) is 17.2 Å². The summed E-state index contributed by atoms with van der Waals surface area (Å²) >= 11 is 0. The molecule has 1 amide bonds. The highest BCUT2D eigenvalue weighted by molar-refractivity contribution is 6.18. The number of aromatic amines is 1. The molecule has 41 heavy (non-hydrogen) atoms. The van der Waals surface area contributed by atoms with Crippen LogP contribution in [0.1, 0.15) is 69.6 Å². The SMILES string of the molecule is CCN(CC)CCCOc1ccc2c3c([nH]c2c1)C(C(=O)OC(C)C)=CN(C(=O)c1ccc(F)c(F)c1)CC3(C)C. The van der Waals surface area contributed by atoms with Crippen LogP contribution in [-0.4, -0.2) is 65.6 Å². The molecule has 0 radical (unpaired) electrons. The fourth-order valence-corrected chi connectivity index (χ4v) is 5.32. The van der Waals surface area contributed by atoms with Gasteiger partial charge in [0, 0.05) is 47.2 Å². The molecule has 0 spiro atoms. The first-order valence-corrected chi connectivity index (χ1v) is 14.2. The monoisotopic (exact) mass is 567 g/mol. The lowest BCUT2D eigenvalue weighted by atomic mass is 9.81. The molecule has 0 saturated heterocycles. The second-order valence-corrected chi connectivity index (χ2v) is 11.3. The van der Waals surface area contributed by atoms with Gasteiger partial charge in [-0.25, -0.2) is 13.6 Å². The smallest absolute Gasteiger partial charge is 0.342 e. The molecule has 0 aliphatic carbocycles. The number of rotatable bonds is 10. The van der Waals surface area contributed by atoms with Crippen LogP contribution in [0.5, 0.6) is 5.75 Å². The van der Waals surface area contributed by atoms with Crippen LogP contribution in [0.2, 0.25) is 0 Å². The summed E-state index contributed by atoms with van der Waals surface area (Å²) in [6, 6.07) is 8.82. The molecule has 0 atom stereocenters. The number of nitrogens with zero attached hydrogens (tertiary/aromatic N) is 2. The Morgan fingerprint density at radius 3 is 2.46 bits per heavy atom. The number of esters is 1. The van der Waals surface area contributed by atoms with Crippen molar-refractivity contribution in [3.8, 4) is 5.75 Å². The number of hydrogen-bond acceptors (Lipinski definition) is 5. The molecule has 3 aromatic rings. The predicted octanol–water partition coefficient (Wildman–Crippen LogP) is 6.28. The van der Waals surface area contributed by atoms with Gasteiger partial charge in [0.15, 0.2) is 11.6 Å². The van der Waals surface area contributed by atoms with Crippen LogP contribution in [0.4, 0.5) is 8.78 Å². The van der Waals surface area contributed by atoms with Crippen molar-refractivity contribution < 1.29 is 27.8 Å². The summed E-state index contributed by atoms with van der Waals surface area (Å²) in [5, 5.41) is 0.894. The average Bonchev–Trinajstić information content (AvgIpc) is 3.26. The van der Waals surface area contributed by atoms with Crippen molar-refractivity contribution >= 4 is 28.4 Å². The number of fused-ring (bicyclic) bond motifs is 3. The summed E-state index contributed by atoms with van der Waals surface area (Å²) in [4.78, 5) is 34.0. The quantitative estimate of drug-likeness (QED) is 0.231. The molecule has 220 valence electrons. The zero-order valence-corrected chi connectivity index (χ0v) is 24.6. The van der Waals surface area contributed by atoms with Crippen LogP contribution >= 0.6 is 0 Å². The molecule has 2 aromatic carbocycles.